The molecule has 0 fully saturated rings. The van der Waals surface area contributed by atoms with Gasteiger partial charge in [-0.1, -0.05) is 78.3 Å². The molecule has 4 heteroatoms. The number of hydrogen-bond acceptors (Lipinski definition) is 2. The summed E-state index contributed by atoms with van der Waals surface area (Å²) in [5.41, 5.74) is 3.26. The first-order valence-electron chi connectivity index (χ1n) is 9.13. The van der Waals surface area contributed by atoms with E-state index in [-0.39, 0.29) is 5.91 Å². The fourth-order valence-corrected chi connectivity index (χ4v) is 2.97. The van der Waals surface area contributed by atoms with Gasteiger partial charge in [-0.05, 0) is 41.8 Å². The van der Waals surface area contributed by atoms with Crippen LogP contribution in [0, 0.1) is 6.92 Å². The molecule has 0 saturated heterocycles. The Hall–Kier alpha value is -3.04. The van der Waals surface area contributed by atoms with Gasteiger partial charge in [0.25, 0.3) is 5.91 Å². The SMILES string of the molecule is Cc1ccccc1OCCNC(=O)/C(=C/c1ccccc1Cl)c1ccccc1. The van der Waals surface area contributed by atoms with E-state index in [2.05, 4.69) is 5.32 Å². The van der Waals surface area contributed by atoms with E-state index in [0.29, 0.717) is 23.7 Å². The fraction of sp³-hybridized carbons (Fsp3) is 0.125. The lowest BCUT2D eigenvalue weighted by Gasteiger charge is -2.12. The molecule has 3 aromatic rings. The lowest BCUT2D eigenvalue weighted by atomic mass is 10.0. The molecule has 142 valence electrons. The second kappa shape index (κ2) is 9.77. The van der Waals surface area contributed by atoms with E-state index >= 15 is 0 Å². The minimum atomic E-state index is -0.167. The third-order valence-electron chi connectivity index (χ3n) is 4.27. The summed E-state index contributed by atoms with van der Waals surface area (Å²) in [6, 6.07) is 24.8. The number of amides is 1. The third-order valence-corrected chi connectivity index (χ3v) is 4.62. The standard InChI is InChI=1S/C24H22ClNO2/c1-18-9-5-8-14-23(18)28-16-15-26-24(27)21(19-10-3-2-4-11-19)17-20-12-6-7-13-22(20)25/h2-14,17H,15-16H2,1H3,(H,26,27)/b21-17+. The fourth-order valence-electron chi connectivity index (χ4n) is 2.78. The molecular weight excluding hydrogens is 370 g/mol. The Labute approximate surface area is 170 Å². The summed E-state index contributed by atoms with van der Waals surface area (Å²) < 4.78 is 5.75. The molecule has 3 aromatic carbocycles. The Kier molecular flexibility index (Phi) is 6.88. The van der Waals surface area contributed by atoms with E-state index in [4.69, 9.17) is 16.3 Å². The number of benzene rings is 3. The third kappa shape index (κ3) is 5.24. The molecule has 0 saturated carbocycles. The summed E-state index contributed by atoms with van der Waals surface area (Å²) in [5.74, 6) is 0.658. The van der Waals surface area contributed by atoms with E-state index in [1.165, 1.54) is 0 Å². The highest BCUT2D eigenvalue weighted by Crippen LogP contribution is 2.23. The predicted molar refractivity (Wildman–Crippen MR) is 115 cm³/mol. The Balaban J connectivity index is 1.71. The van der Waals surface area contributed by atoms with Crippen molar-refractivity contribution >= 4 is 29.2 Å². The quantitative estimate of drug-likeness (QED) is 0.333. The molecule has 0 aliphatic rings. The van der Waals surface area contributed by atoms with Gasteiger partial charge in [0.2, 0.25) is 0 Å². The highest BCUT2D eigenvalue weighted by atomic mass is 35.5. The molecule has 0 aliphatic heterocycles. The van der Waals surface area contributed by atoms with Gasteiger partial charge in [0.05, 0.1) is 6.54 Å². The van der Waals surface area contributed by atoms with Crippen LogP contribution in [0.2, 0.25) is 5.02 Å². The molecule has 1 amide bonds. The van der Waals surface area contributed by atoms with E-state index < -0.39 is 0 Å². The van der Waals surface area contributed by atoms with Crippen molar-refractivity contribution < 1.29 is 9.53 Å². The maximum absolute atomic E-state index is 12.9. The second-order valence-electron chi connectivity index (χ2n) is 6.32. The van der Waals surface area contributed by atoms with Crippen LogP contribution in [0.5, 0.6) is 5.75 Å². The molecule has 0 radical (unpaired) electrons. The van der Waals surface area contributed by atoms with Crippen molar-refractivity contribution in [1.29, 1.82) is 0 Å². The number of rotatable bonds is 7. The zero-order chi connectivity index (χ0) is 19.8. The number of carbonyl (C=O) groups is 1. The largest absolute Gasteiger partial charge is 0.491 e. The van der Waals surface area contributed by atoms with Gasteiger partial charge in [-0.2, -0.15) is 0 Å². The number of carbonyl (C=O) groups excluding carboxylic acids is 1. The Bertz CT molecular complexity index is 967. The van der Waals surface area contributed by atoms with Gasteiger partial charge in [0.1, 0.15) is 12.4 Å². The van der Waals surface area contributed by atoms with Gasteiger partial charge >= 0.3 is 0 Å². The summed E-state index contributed by atoms with van der Waals surface area (Å²) in [7, 11) is 0. The zero-order valence-electron chi connectivity index (χ0n) is 15.7. The van der Waals surface area contributed by atoms with Crippen LogP contribution in [0.15, 0.2) is 78.9 Å². The van der Waals surface area contributed by atoms with Crippen LogP contribution in [0.3, 0.4) is 0 Å². The monoisotopic (exact) mass is 391 g/mol. The minimum Gasteiger partial charge on any atom is -0.491 e. The van der Waals surface area contributed by atoms with Crippen LogP contribution in [0.4, 0.5) is 0 Å². The van der Waals surface area contributed by atoms with E-state index in [1.807, 2.05) is 91.9 Å². The van der Waals surface area contributed by atoms with Gasteiger partial charge in [-0.3, -0.25) is 4.79 Å². The van der Waals surface area contributed by atoms with Gasteiger partial charge in [0, 0.05) is 10.6 Å². The molecule has 28 heavy (non-hydrogen) atoms. The molecule has 0 unspecified atom stereocenters. The molecule has 0 aromatic heterocycles. The van der Waals surface area contributed by atoms with Crippen molar-refractivity contribution in [2.75, 3.05) is 13.2 Å². The summed E-state index contributed by atoms with van der Waals surface area (Å²) in [6.07, 6.45) is 1.81. The second-order valence-corrected chi connectivity index (χ2v) is 6.72. The number of nitrogens with one attached hydrogen (secondary N) is 1. The Morgan fingerprint density at radius 1 is 0.964 bits per heavy atom. The first-order chi connectivity index (χ1) is 13.6. The lowest BCUT2D eigenvalue weighted by Crippen LogP contribution is -2.28. The van der Waals surface area contributed by atoms with Crippen LogP contribution in [0.1, 0.15) is 16.7 Å². The maximum Gasteiger partial charge on any atom is 0.252 e. The summed E-state index contributed by atoms with van der Waals surface area (Å²) >= 11 is 6.27. The molecule has 3 rings (SSSR count). The molecular formula is C24H22ClNO2. The normalized spacial score (nSPS) is 11.1. The number of aryl methyl sites for hydroxylation is 1. The zero-order valence-corrected chi connectivity index (χ0v) is 16.4. The Morgan fingerprint density at radius 3 is 2.39 bits per heavy atom. The van der Waals surface area contributed by atoms with Gasteiger partial charge in [-0.25, -0.2) is 0 Å². The van der Waals surface area contributed by atoms with Crippen molar-refractivity contribution in [2.45, 2.75) is 6.92 Å². The molecule has 3 nitrogen and oxygen atoms in total. The first kappa shape index (κ1) is 19.7. The number of ether oxygens (including phenoxy) is 1. The van der Waals surface area contributed by atoms with Crippen LogP contribution >= 0.6 is 11.6 Å². The van der Waals surface area contributed by atoms with Crippen LogP contribution in [-0.2, 0) is 4.79 Å². The highest BCUT2D eigenvalue weighted by Gasteiger charge is 2.12. The molecule has 0 heterocycles. The number of hydrogen-bond donors (Lipinski definition) is 1. The summed E-state index contributed by atoms with van der Waals surface area (Å²) in [4.78, 5) is 12.9. The van der Waals surface area contributed by atoms with Crippen molar-refractivity contribution in [3.63, 3.8) is 0 Å². The lowest BCUT2D eigenvalue weighted by molar-refractivity contribution is -0.115. The predicted octanol–water partition coefficient (Wildman–Crippen LogP) is 5.38. The number of halogens is 1. The average molecular weight is 392 g/mol. The minimum absolute atomic E-state index is 0.167. The highest BCUT2D eigenvalue weighted by molar-refractivity contribution is 6.33. The van der Waals surface area contributed by atoms with Gasteiger partial charge < -0.3 is 10.1 Å². The first-order valence-corrected chi connectivity index (χ1v) is 9.51. The van der Waals surface area contributed by atoms with Gasteiger partial charge in [0.15, 0.2) is 0 Å². The number of para-hydroxylation sites is 1. The van der Waals surface area contributed by atoms with E-state index in [1.54, 1.807) is 0 Å². The molecule has 0 atom stereocenters. The average Bonchev–Trinajstić information content (AvgIpc) is 2.72. The molecule has 0 spiro atoms. The van der Waals surface area contributed by atoms with Gasteiger partial charge in [-0.15, -0.1) is 0 Å². The smallest absolute Gasteiger partial charge is 0.252 e. The topological polar surface area (TPSA) is 38.3 Å². The maximum atomic E-state index is 12.9. The summed E-state index contributed by atoms with van der Waals surface area (Å²) in [6.45, 7) is 2.79. The van der Waals surface area contributed by atoms with Crippen molar-refractivity contribution in [3.05, 3.63) is 101 Å². The Morgan fingerprint density at radius 2 is 1.64 bits per heavy atom. The summed E-state index contributed by atoms with van der Waals surface area (Å²) in [5, 5.41) is 3.54. The van der Waals surface area contributed by atoms with E-state index in [9.17, 15) is 4.79 Å². The van der Waals surface area contributed by atoms with Crippen LogP contribution in [-0.4, -0.2) is 19.1 Å². The van der Waals surface area contributed by atoms with Crippen molar-refractivity contribution in [2.24, 2.45) is 0 Å². The van der Waals surface area contributed by atoms with Crippen LogP contribution < -0.4 is 10.1 Å². The molecule has 1 N–H and O–H groups in total. The van der Waals surface area contributed by atoms with E-state index in [0.717, 1.165) is 22.4 Å². The van der Waals surface area contributed by atoms with Crippen molar-refractivity contribution in [3.8, 4) is 5.75 Å². The molecule has 0 bridgehead atoms. The van der Waals surface area contributed by atoms with Crippen molar-refractivity contribution in [1.82, 2.24) is 5.32 Å². The molecule has 0 aliphatic carbocycles. The van der Waals surface area contributed by atoms with Crippen LogP contribution in [0.25, 0.3) is 11.6 Å².